The molecule has 0 atom stereocenters. The Morgan fingerprint density at radius 1 is 0.897 bits per heavy atom. The number of anilines is 1. The van der Waals surface area contributed by atoms with Crippen molar-refractivity contribution in [1.82, 2.24) is 0 Å². The number of nitrogens with one attached hydrogen (secondary N) is 1. The molecule has 1 N–H and O–H groups in total. The van der Waals surface area contributed by atoms with Crippen molar-refractivity contribution in [3.05, 3.63) is 59.4 Å². The van der Waals surface area contributed by atoms with E-state index in [1.54, 1.807) is 13.8 Å². The number of hydrogen-bond donors (Lipinski definition) is 1. The van der Waals surface area contributed by atoms with Crippen LogP contribution in [0.25, 0.3) is 0 Å². The van der Waals surface area contributed by atoms with E-state index in [4.69, 9.17) is 14.2 Å². The molecule has 29 heavy (non-hydrogen) atoms. The van der Waals surface area contributed by atoms with Gasteiger partial charge in [-0.05, 0) is 56.3 Å². The number of carbonyl (C=O) groups is 3. The quantitative estimate of drug-likeness (QED) is 0.644. The third-order valence-corrected chi connectivity index (χ3v) is 3.65. The van der Waals surface area contributed by atoms with Gasteiger partial charge in [-0.15, -0.1) is 0 Å². The molecule has 2 aromatic carbocycles. The van der Waals surface area contributed by atoms with E-state index < -0.39 is 11.9 Å². The number of halogens is 1. The van der Waals surface area contributed by atoms with E-state index in [0.29, 0.717) is 5.75 Å². The zero-order valence-corrected chi connectivity index (χ0v) is 16.2. The van der Waals surface area contributed by atoms with Crippen LogP contribution in [0.4, 0.5) is 10.1 Å². The zero-order valence-electron chi connectivity index (χ0n) is 16.2. The number of carbonyl (C=O) groups excluding carboxylic acids is 3. The Labute approximate surface area is 167 Å². The highest BCUT2D eigenvalue weighted by atomic mass is 19.1. The highest BCUT2D eigenvalue weighted by Gasteiger charge is 2.16. The molecule has 1 amide bonds. The van der Waals surface area contributed by atoms with Gasteiger partial charge in [0.2, 0.25) is 5.91 Å². The lowest BCUT2D eigenvalue weighted by atomic mass is 10.1. The minimum absolute atomic E-state index is 0.00967. The molecule has 0 saturated heterocycles. The summed E-state index contributed by atoms with van der Waals surface area (Å²) in [5.74, 6) is -1.56. The molecule has 2 aromatic rings. The van der Waals surface area contributed by atoms with Crippen molar-refractivity contribution in [2.45, 2.75) is 20.3 Å². The lowest BCUT2D eigenvalue weighted by Crippen LogP contribution is -2.17. The summed E-state index contributed by atoms with van der Waals surface area (Å²) in [7, 11) is 0. The fourth-order valence-corrected chi connectivity index (χ4v) is 2.38. The summed E-state index contributed by atoms with van der Waals surface area (Å²) in [6.07, 6.45) is 0.00967. The molecule has 0 unspecified atom stereocenters. The van der Waals surface area contributed by atoms with Crippen molar-refractivity contribution in [3.8, 4) is 5.75 Å². The number of esters is 2. The summed E-state index contributed by atoms with van der Waals surface area (Å²) in [6.45, 7) is 3.74. The minimum Gasteiger partial charge on any atom is -0.493 e. The van der Waals surface area contributed by atoms with Gasteiger partial charge in [0.05, 0.1) is 37.4 Å². The van der Waals surface area contributed by atoms with Gasteiger partial charge in [-0.25, -0.2) is 14.0 Å². The summed E-state index contributed by atoms with van der Waals surface area (Å²) in [6, 6.07) is 9.62. The summed E-state index contributed by atoms with van der Waals surface area (Å²) >= 11 is 0. The topological polar surface area (TPSA) is 90.9 Å². The number of benzene rings is 2. The Morgan fingerprint density at radius 3 is 1.97 bits per heavy atom. The van der Waals surface area contributed by atoms with Crippen LogP contribution in [-0.2, 0) is 14.3 Å². The standard InChI is InChI=1S/C21H22FNO6/c1-3-27-20(25)14-11-15(21(26)28-4-2)13-17(12-14)23-19(24)9-10-29-18-7-5-16(22)6-8-18/h5-8,11-13H,3-4,9-10H2,1-2H3,(H,23,24). The number of rotatable bonds is 9. The average molecular weight is 403 g/mol. The van der Waals surface area contributed by atoms with E-state index in [-0.39, 0.29) is 54.8 Å². The van der Waals surface area contributed by atoms with Gasteiger partial charge in [-0.3, -0.25) is 4.79 Å². The SMILES string of the molecule is CCOC(=O)c1cc(NC(=O)CCOc2ccc(F)cc2)cc(C(=O)OCC)c1. The monoisotopic (exact) mass is 403 g/mol. The maximum atomic E-state index is 12.9. The van der Waals surface area contributed by atoms with E-state index in [1.807, 2.05) is 0 Å². The second kappa shape index (κ2) is 10.8. The Hall–Kier alpha value is -3.42. The molecular weight excluding hydrogens is 381 g/mol. The van der Waals surface area contributed by atoms with E-state index in [1.165, 1.54) is 42.5 Å². The van der Waals surface area contributed by atoms with E-state index >= 15 is 0 Å². The van der Waals surface area contributed by atoms with Crippen molar-refractivity contribution in [1.29, 1.82) is 0 Å². The predicted molar refractivity (Wildman–Crippen MR) is 103 cm³/mol. The lowest BCUT2D eigenvalue weighted by Gasteiger charge is -2.11. The van der Waals surface area contributed by atoms with Crippen LogP contribution in [0.2, 0.25) is 0 Å². The number of hydrogen-bond acceptors (Lipinski definition) is 6. The van der Waals surface area contributed by atoms with Crippen LogP contribution in [0.3, 0.4) is 0 Å². The van der Waals surface area contributed by atoms with Gasteiger partial charge in [0, 0.05) is 5.69 Å². The van der Waals surface area contributed by atoms with Gasteiger partial charge < -0.3 is 19.5 Å². The molecule has 0 aliphatic heterocycles. The Bertz CT molecular complexity index is 830. The first-order valence-corrected chi connectivity index (χ1v) is 9.10. The van der Waals surface area contributed by atoms with Crippen molar-refractivity contribution >= 4 is 23.5 Å². The van der Waals surface area contributed by atoms with Crippen molar-refractivity contribution in [3.63, 3.8) is 0 Å². The van der Waals surface area contributed by atoms with E-state index in [2.05, 4.69) is 5.32 Å². The summed E-state index contributed by atoms with van der Waals surface area (Å²) in [4.78, 5) is 36.3. The summed E-state index contributed by atoms with van der Waals surface area (Å²) in [5, 5.41) is 2.62. The molecule has 7 nitrogen and oxygen atoms in total. The third kappa shape index (κ3) is 6.91. The number of amides is 1. The molecule has 0 aromatic heterocycles. The zero-order chi connectivity index (χ0) is 21.2. The lowest BCUT2D eigenvalue weighted by molar-refractivity contribution is -0.116. The van der Waals surface area contributed by atoms with Crippen LogP contribution in [0.1, 0.15) is 41.0 Å². The van der Waals surface area contributed by atoms with Crippen LogP contribution in [-0.4, -0.2) is 37.7 Å². The van der Waals surface area contributed by atoms with Crippen LogP contribution in [0.15, 0.2) is 42.5 Å². The second-order valence-corrected chi connectivity index (χ2v) is 5.84. The molecule has 2 rings (SSSR count). The first-order chi connectivity index (χ1) is 13.9. The fourth-order valence-electron chi connectivity index (χ4n) is 2.38. The number of ether oxygens (including phenoxy) is 3. The van der Waals surface area contributed by atoms with Crippen LogP contribution >= 0.6 is 0 Å². The molecule has 0 radical (unpaired) electrons. The first-order valence-electron chi connectivity index (χ1n) is 9.10. The van der Waals surface area contributed by atoms with Gasteiger partial charge in [0.15, 0.2) is 0 Å². The fraction of sp³-hybridized carbons (Fsp3) is 0.286. The van der Waals surface area contributed by atoms with Gasteiger partial charge in [-0.1, -0.05) is 0 Å². The van der Waals surface area contributed by atoms with Crippen LogP contribution < -0.4 is 10.1 Å². The second-order valence-electron chi connectivity index (χ2n) is 5.84. The van der Waals surface area contributed by atoms with E-state index in [0.717, 1.165) is 0 Å². The molecule has 8 heteroatoms. The molecule has 0 spiro atoms. The Balaban J connectivity index is 2.04. The van der Waals surface area contributed by atoms with Gasteiger partial charge in [-0.2, -0.15) is 0 Å². The van der Waals surface area contributed by atoms with Gasteiger partial charge in [0.25, 0.3) is 0 Å². The molecule has 0 heterocycles. The first kappa shape index (κ1) is 21.9. The average Bonchev–Trinajstić information content (AvgIpc) is 2.69. The maximum Gasteiger partial charge on any atom is 0.338 e. The molecule has 0 saturated carbocycles. The van der Waals surface area contributed by atoms with Crippen molar-refractivity contribution < 1.29 is 33.0 Å². The van der Waals surface area contributed by atoms with Gasteiger partial charge >= 0.3 is 11.9 Å². The molecule has 154 valence electrons. The molecule has 0 aliphatic carbocycles. The van der Waals surface area contributed by atoms with E-state index in [9.17, 15) is 18.8 Å². The van der Waals surface area contributed by atoms with Crippen molar-refractivity contribution in [2.24, 2.45) is 0 Å². The largest absolute Gasteiger partial charge is 0.493 e. The Kier molecular flexibility index (Phi) is 8.14. The highest BCUT2D eigenvalue weighted by molar-refractivity contribution is 5.99. The van der Waals surface area contributed by atoms with Crippen LogP contribution in [0.5, 0.6) is 5.75 Å². The van der Waals surface area contributed by atoms with Crippen molar-refractivity contribution in [2.75, 3.05) is 25.1 Å². The predicted octanol–water partition coefficient (Wildman–Crippen LogP) is 3.59. The smallest absolute Gasteiger partial charge is 0.338 e. The third-order valence-electron chi connectivity index (χ3n) is 3.65. The molecule has 0 fully saturated rings. The summed E-state index contributed by atoms with van der Waals surface area (Å²) < 4.78 is 28.2. The highest BCUT2D eigenvalue weighted by Crippen LogP contribution is 2.18. The molecular formula is C21H22FNO6. The summed E-state index contributed by atoms with van der Waals surface area (Å²) in [5.41, 5.74) is 0.496. The maximum absolute atomic E-state index is 12.9. The normalized spacial score (nSPS) is 10.2. The van der Waals surface area contributed by atoms with Gasteiger partial charge in [0.1, 0.15) is 11.6 Å². The minimum atomic E-state index is -0.617. The van der Waals surface area contributed by atoms with Crippen LogP contribution in [0, 0.1) is 5.82 Å². The molecule has 0 aliphatic rings. The Morgan fingerprint density at radius 2 is 1.45 bits per heavy atom. The molecule has 0 bridgehead atoms.